The molecule has 0 saturated carbocycles. The van der Waals surface area contributed by atoms with Gasteiger partial charge < -0.3 is 0 Å². The van der Waals surface area contributed by atoms with Crippen molar-refractivity contribution < 1.29 is 0 Å². The Kier molecular flexibility index (Phi) is 2.98. The van der Waals surface area contributed by atoms with Crippen LogP contribution in [-0.4, -0.2) is 14.3 Å². The van der Waals surface area contributed by atoms with E-state index in [1.54, 1.807) is 6.20 Å². The maximum Gasteiger partial charge on any atom is 0.172 e. The van der Waals surface area contributed by atoms with Crippen molar-refractivity contribution in [3.63, 3.8) is 0 Å². The zero-order valence-electron chi connectivity index (χ0n) is 8.49. The number of hydrogen-bond acceptors (Lipinski definition) is 4. The van der Waals surface area contributed by atoms with Gasteiger partial charge in [0.25, 0.3) is 0 Å². The average Bonchev–Trinajstić information content (AvgIpc) is 2.69. The van der Waals surface area contributed by atoms with Crippen molar-refractivity contribution in [2.45, 2.75) is 20.3 Å². The second-order valence-corrected chi connectivity index (χ2v) is 4.32. The Balaban J connectivity index is 2.53. The molecule has 0 aliphatic heterocycles. The van der Waals surface area contributed by atoms with Crippen LogP contribution < -0.4 is 0 Å². The van der Waals surface area contributed by atoms with Gasteiger partial charge >= 0.3 is 0 Å². The minimum atomic E-state index is 0.549. The molecule has 15 heavy (non-hydrogen) atoms. The maximum atomic E-state index is 6.08. The predicted molar refractivity (Wildman–Crippen MR) is 62.3 cm³/mol. The topological polar surface area (TPSA) is 38.7 Å². The third-order valence-corrected chi connectivity index (χ3v) is 3.23. The molecular weight excluding hydrogens is 230 g/mol. The Hall–Kier alpha value is -1.00. The molecule has 0 spiro atoms. The minimum absolute atomic E-state index is 0.549. The van der Waals surface area contributed by atoms with Gasteiger partial charge in [-0.1, -0.05) is 18.5 Å². The van der Waals surface area contributed by atoms with Crippen molar-refractivity contribution in [1.82, 2.24) is 14.3 Å². The molecule has 5 heteroatoms. The second kappa shape index (κ2) is 4.24. The first-order valence-corrected chi connectivity index (χ1v) is 5.81. The van der Waals surface area contributed by atoms with Gasteiger partial charge in [0, 0.05) is 17.5 Å². The van der Waals surface area contributed by atoms with E-state index in [1.165, 1.54) is 11.5 Å². The van der Waals surface area contributed by atoms with Gasteiger partial charge in [0.05, 0.1) is 4.88 Å². The first-order valence-electron chi connectivity index (χ1n) is 4.66. The van der Waals surface area contributed by atoms with E-state index in [0.29, 0.717) is 11.0 Å². The largest absolute Gasteiger partial charge is 0.232 e. The fourth-order valence-electron chi connectivity index (χ4n) is 1.40. The highest BCUT2D eigenvalue weighted by atomic mass is 35.5. The van der Waals surface area contributed by atoms with Gasteiger partial charge in [-0.15, -0.1) is 0 Å². The highest BCUT2D eigenvalue weighted by Gasteiger charge is 2.10. The van der Waals surface area contributed by atoms with Crippen LogP contribution in [-0.2, 0) is 6.42 Å². The van der Waals surface area contributed by atoms with Crippen LogP contribution >= 0.6 is 23.1 Å². The molecule has 2 rings (SSSR count). The van der Waals surface area contributed by atoms with Crippen LogP contribution in [0.4, 0.5) is 0 Å². The van der Waals surface area contributed by atoms with E-state index in [4.69, 9.17) is 11.6 Å². The molecule has 0 radical (unpaired) electrons. The molecule has 78 valence electrons. The van der Waals surface area contributed by atoms with Crippen molar-refractivity contribution in [3.05, 3.63) is 28.7 Å². The zero-order chi connectivity index (χ0) is 10.8. The van der Waals surface area contributed by atoms with E-state index in [9.17, 15) is 0 Å². The number of hydrogen-bond donors (Lipinski definition) is 0. The molecule has 0 N–H and O–H groups in total. The van der Waals surface area contributed by atoms with E-state index in [2.05, 4.69) is 14.3 Å². The smallest absolute Gasteiger partial charge is 0.172 e. The van der Waals surface area contributed by atoms with Crippen LogP contribution in [0.5, 0.6) is 0 Å². The standard InChI is InChI=1S/C10H10ClN3S/c1-3-7-6(2)13-10(14-9(7)11)8-4-5-12-15-8/h4-5H,3H2,1-2H3. The van der Waals surface area contributed by atoms with Gasteiger partial charge in [-0.2, -0.15) is 0 Å². The zero-order valence-corrected chi connectivity index (χ0v) is 10.1. The van der Waals surface area contributed by atoms with Gasteiger partial charge in [0.15, 0.2) is 5.82 Å². The number of rotatable bonds is 2. The molecule has 2 aromatic heterocycles. The molecule has 0 aromatic carbocycles. The summed E-state index contributed by atoms with van der Waals surface area (Å²) in [5, 5.41) is 0.549. The Morgan fingerprint density at radius 1 is 1.40 bits per heavy atom. The maximum absolute atomic E-state index is 6.08. The Morgan fingerprint density at radius 3 is 2.73 bits per heavy atom. The van der Waals surface area contributed by atoms with Crippen molar-refractivity contribution in [1.29, 1.82) is 0 Å². The average molecular weight is 240 g/mol. The van der Waals surface area contributed by atoms with Gasteiger partial charge in [-0.3, -0.25) is 0 Å². The molecule has 0 amide bonds. The summed E-state index contributed by atoms with van der Waals surface area (Å²) in [5.74, 6) is 0.664. The fraction of sp³-hybridized carbons (Fsp3) is 0.300. The Labute approximate surface area is 97.3 Å². The minimum Gasteiger partial charge on any atom is -0.232 e. The molecule has 2 aromatic rings. The van der Waals surface area contributed by atoms with Crippen molar-refractivity contribution >= 4 is 23.1 Å². The lowest BCUT2D eigenvalue weighted by Gasteiger charge is -2.05. The SMILES string of the molecule is CCc1c(C)nc(-c2ccns2)nc1Cl. The molecule has 0 unspecified atom stereocenters. The predicted octanol–water partition coefficient (Wildman–Crippen LogP) is 3.12. The summed E-state index contributed by atoms with van der Waals surface area (Å²) in [6, 6.07) is 1.89. The van der Waals surface area contributed by atoms with E-state index >= 15 is 0 Å². The third-order valence-electron chi connectivity index (χ3n) is 2.18. The van der Waals surface area contributed by atoms with Crippen molar-refractivity contribution in [3.8, 4) is 10.7 Å². The lowest BCUT2D eigenvalue weighted by molar-refractivity contribution is 1.00. The highest BCUT2D eigenvalue weighted by Crippen LogP contribution is 2.24. The fourth-order valence-corrected chi connectivity index (χ4v) is 2.28. The number of aryl methyl sites for hydroxylation is 1. The van der Waals surface area contributed by atoms with Crippen molar-refractivity contribution in [2.24, 2.45) is 0 Å². The third kappa shape index (κ3) is 2.01. The van der Waals surface area contributed by atoms with Crippen LogP contribution in [0.3, 0.4) is 0 Å². The van der Waals surface area contributed by atoms with E-state index in [-0.39, 0.29) is 0 Å². The summed E-state index contributed by atoms with van der Waals surface area (Å²) in [6.07, 6.45) is 2.59. The van der Waals surface area contributed by atoms with Crippen LogP contribution in [0.15, 0.2) is 12.3 Å². The molecule has 0 atom stereocenters. The molecule has 2 heterocycles. The number of aromatic nitrogens is 3. The summed E-state index contributed by atoms with van der Waals surface area (Å²) < 4.78 is 4.02. The summed E-state index contributed by atoms with van der Waals surface area (Å²) in [4.78, 5) is 9.64. The summed E-state index contributed by atoms with van der Waals surface area (Å²) in [6.45, 7) is 4.00. The van der Waals surface area contributed by atoms with E-state index in [0.717, 1.165) is 22.6 Å². The van der Waals surface area contributed by atoms with Gasteiger partial charge in [-0.25, -0.2) is 14.3 Å². The van der Waals surface area contributed by atoms with Crippen LogP contribution in [0.1, 0.15) is 18.2 Å². The van der Waals surface area contributed by atoms with E-state index < -0.39 is 0 Å². The highest BCUT2D eigenvalue weighted by molar-refractivity contribution is 7.09. The lowest BCUT2D eigenvalue weighted by Crippen LogP contribution is -1.98. The van der Waals surface area contributed by atoms with Gasteiger partial charge in [0.1, 0.15) is 5.15 Å². The van der Waals surface area contributed by atoms with Crippen LogP contribution in [0.25, 0.3) is 10.7 Å². The number of halogens is 1. The quantitative estimate of drug-likeness (QED) is 0.756. The number of nitrogens with zero attached hydrogens (tertiary/aromatic N) is 3. The van der Waals surface area contributed by atoms with Gasteiger partial charge in [0.2, 0.25) is 0 Å². The summed E-state index contributed by atoms with van der Waals surface area (Å²) in [7, 11) is 0. The first-order chi connectivity index (χ1) is 7.22. The van der Waals surface area contributed by atoms with Crippen LogP contribution in [0.2, 0.25) is 5.15 Å². The second-order valence-electron chi connectivity index (χ2n) is 3.13. The first kappa shape index (κ1) is 10.5. The summed E-state index contributed by atoms with van der Waals surface area (Å²) in [5.41, 5.74) is 1.96. The monoisotopic (exact) mass is 239 g/mol. The molecule has 0 fully saturated rings. The lowest BCUT2D eigenvalue weighted by atomic mass is 10.2. The molecule has 0 saturated heterocycles. The van der Waals surface area contributed by atoms with Crippen LogP contribution in [0, 0.1) is 6.92 Å². The Morgan fingerprint density at radius 2 is 2.20 bits per heavy atom. The molecule has 0 bridgehead atoms. The Bertz CT molecular complexity index is 445. The molecule has 0 aliphatic carbocycles. The van der Waals surface area contributed by atoms with E-state index in [1.807, 2.05) is 19.9 Å². The molecular formula is C10H10ClN3S. The normalized spacial score (nSPS) is 10.6. The van der Waals surface area contributed by atoms with Crippen molar-refractivity contribution in [2.75, 3.05) is 0 Å². The molecule has 3 nitrogen and oxygen atoms in total. The summed E-state index contributed by atoms with van der Waals surface area (Å²) >= 11 is 7.46. The molecule has 0 aliphatic rings. The van der Waals surface area contributed by atoms with Gasteiger partial charge in [-0.05, 0) is 30.9 Å².